The van der Waals surface area contributed by atoms with Crippen LogP contribution in [-0.4, -0.2) is 29.3 Å². The third kappa shape index (κ3) is 5.02. The molecular formula is C19H18ClN3O3S. The maximum atomic E-state index is 12.3. The number of carbonyl (C=O) groups excluding carboxylic acids is 2. The molecule has 0 unspecified atom stereocenters. The number of nitrogens with one attached hydrogen (secondary N) is 2. The summed E-state index contributed by atoms with van der Waals surface area (Å²) in [5.41, 5.74) is 2.43. The number of aryl methyl sites for hydroxylation is 1. The summed E-state index contributed by atoms with van der Waals surface area (Å²) in [5, 5.41) is 5.83. The van der Waals surface area contributed by atoms with Gasteiger partial charge < -0.3 is 15.4 Å². The van der Waals surface area contributed by atoms with Crippen LogP contribution in [0.5, 0.6) is 5.75 Å². The minimum Gasteiger partial charge on any atom is -0.495 e. The first-order valence-electron chi connectivity index (χ1n) is 8.21. The first-order chi connectivity index (χ1) is 12.9. The van der Waals surface area contributed by atoms with Crippen LogP contribution in [0, 0.1) is 6.92 Å². The van der Waals surface area contributed by atoms with E-state index in [0.717, 1.165) is 11.3 Å². The van der Waals surface area contributed by atoms with E-state index in [2.05, 4.69) is 15.6 Å². The van der Waals surface area contributed by atoms with E-state index in [4.69, 9.17) is 16.3 Å². The van der Waals surface area contributed by atoms with E-state index in [1.807, 2.05) is 31.2 Å². The molecule has 1 saturated heterocycles. The van der Waals surface area contributed by atoms with Gasteiger partial charge in [0.1, 0.15) is 11.0 Å². The maximum Gasteiger partial charge on any atom is 0.240 e. The molecule has 3 rings (SSSR count). The second-order valence-corrected chi connectivity index (χ2v) is 7.55. The number of methoxy groups -OCH3 is 1. The molecule has 2 amide bonds. The highest BCUT2D eigenvalue weighted by Crippen LogP contribution is 2.28. The molecule has 140 valence electrons. The summed E-state index contributed by atoms with van der Waals surface area (Å²) in [4.78, 5) is 28.8. The lowest BCUT2D eigenvalue weighted by molar-refractivity contribution is -0.122. The number of thioether (sulfide) groups is 1. The number of anilines is 1. The molecule has 1 aliphatic heterocycles. The van der Waals surface area contributed by atoms with Gasteiger partial charge in [0.25, 0.3) is 0 Å². The molecule has 0 bridgehead atoms. The molecule has 0 radical (unpaired) electrons. The topological polar surface area (TPSA) is 79.8 Å². The summed E-state index contributed by atoms with van der Waals surface area (Å²) in [6.45, 7) is 1.99. The normalized spacial score (nSPS) is 17.7. The number of ether oxygens (including phenoxy) is 1. The number of aliphatic imine (C=N–C) groups is 1. The maximum absolute atomic E-state index is 12.3. The van der Waals surface area contributed by atoms with Gasteiger partial charge in [0.15, 0.2) is 5.17 Å². The van der Waals surface area contributed by atoms with Crippen molar-refractivity contribution in [3.63, 3.8) is 0 Å². The summed E-state index contributed by atoms with van der Waals surface area (Å²) < 4.78 is 5.08. The Morgan fingerprint density at radius 3 is 2.70 bits per heavy atom. The SMILES string of the molecule is COc1ccc(NC(=O)C[C@@H]2SC(=Nc3ccc(C)cc3)NC2=O)cc1Cl. The van der Waals surface area contributed by atoms with Crippen LogP contribution in [-0.2, 0) is 9.59 Å². The lowest BCUT2D eigenvalue weighted by Gasteiger charge is -2.09. The molecule has 0 aromatic heterocycles. The Hall–Kier alpha value is -2.51. The lowest BCUT2D eigenvalue weighted by Crippen LogP contribution is -2.28. The first-order valence-corrected chi connectivity index (χ1v) is 9.46. The van der Waals surface area contributed by atoms with E-state index in [9.17, 15) is 9.59 Å². The Bertz CT molecular complexity index is 900. The lowest BCUT2D eigenvalue weighted by atomic mass is 10.2. The largest absolute Gasteiger partial charge is 0.495 e. The van der Waals surface area contributed by atoms with Gasteiger partial charge in [-0.3, -0.25) is 9.59 Å². The monoisotopic (exact) mass is 403 g/mol. The predicted molar refractivity (Wildman–Crippen MR) is 109 cm³/mol. The van der Waals surface area contributed by atoms with Crippen molar-refractivity contribution in [2.45, 2.75) is 18.6 Å². The molecule has 2 aromatic rings. The van der Waals surface area contributed by atoms with Crippen molar-refractivity contribution in [1.82, 2.24) is 5.32 Å². The van der Waals surface area contributed by atoms with Crippen molar-refractivity contribution in [3.8, 4) is 5.75 Å². The molecule has 1 fully saturated rings. The standard InChI is InChI=1S/C19H18ClN3O3S/c1-11-3-5-12(6-4-11)22-19-23-18(25)16(27-19)10-17(24)21-13-7-8-15(26-2)14(20)9-13/h3-9,16H,10H2,1-2H3,(H,21,24)(H,22,23,25)/t16-/m0/s1. The number of benzene rings is 2. The molecule has 0 spiro atoms. The van der Waals surface area contributed by atoms with E-state index in [1.165, 1.54) is 18.9 Å². The van der Waals surface area contributed by atoms with Crippen molar-refractivity contribution in [2.24, 2.45) is 4.99 Å². The first kappa shape index (κ1) is 19.3. The van der Waals surface area contributed by atoms with Crippen LogP contribution >= 0.6 is 23.4 Å². The van der Waals surface area contributed by atoms with Gasteiger partial charge in [-0.25, -0.2) is 4.99 Å². The molecule has 6 nitrogen and oxygen atoms in total. The van der Waals surface area contributed by atoms with Gasteiger partial charge >= 0.3 is 0 Å². The van der Waals surface area contributed by atoms with Gasteiger partial charge in [0.2, 0.25) is 11.8 Å². The van der Waals surface area contributed by atoms with E-state index >= 15 is 0 Å². The minimum absolute atomic E-state index is 0.0348. The molecule has 1 atom stereocenters. The highest BCUT2D eigenvalue weighted by molar-refractivity contribution is 8.15. The number of amidine groups is 1. The summed E-state index contributed by atoms with van der Waals surface area (Å²) in [5.74, 6) is 0.0200. The fourth-order valence-electron chi connectivity index (χ4n) is 2.45. The molecule has 1 heterocycles. The van der Waals surface area contributed by atoms with Crippen LogP contribution in [0.3, 0.4) is 0 Å². The zero-order valence-corrected chi connectivity index (χ0v) is 16.4. The van der Waals surface area contributed by atoms with Gasteiger partial charge in [-0.1, -0.05) is 41.1 Å². The van der Waals surface area contributed by atoms with E-state index < -0.39 is 5.25 Å². The Morgan fingerprint density at radius 2 is 2.04 bits per heavy atom. The van der Waals surface area contributed by atoms with Crippen LogP contribution in [0.1, 0.15) is 12.0 Å². The zero-order chi connectivity index (χ0) is 19.4. The average Bonchev–Trinajstić information content (AvgIpc) is 2.96. The summed E-state index contributed by atoms with van der Waals surface area (Å²) in [6, 6.07) is 12.6. The van der Waals surface area contributed by atoms with Crippen molar-refractivity contribution in [1.29, 1.82) is 0 Å². The van der Waals surface area contributed by atoms with Crippen LogP contribution in [0.2, 0.25) is 5.02 Å². The Labute approximate surface area is 166 Å². The molecule has 0 aliphatic carbocycles. The number of amides is 2. The van der Waals surface area contributed by atoms with Crippen molar-refractivity contribution < 1.29 is 14.3 Å². The summed E-state index contributed by atoms with van der Waals surface area (Å²) >= 11 is 7.30. The highest BCUT2D eigenvalue weighted by Gasteiger charge is 2.32. The number of hydrogen-bond acceptors (Lipinski definition) is 5. The highest BCUT2D eigenvalue weighted by atomic mass is 35.5. The van der Waals surface area contributed by atoms with Crippen LogP contribution in [0.25, 0.3) is 0 Å². The smallest absolute Gasteiger partial charge is 0.240 e. The number of halogens is 1. The number of rotatable bonds is 5. The van der Waals surface area contributed by atoms with E-state index in [-0.39, 0.29) is 18.2 Å². The van der Waals surface area contributed by atoms with Crippen molar-refractivity contribution in [2.75, 3.05) is 12.4 Å². The molecule has 1 aliphatic rings. The third-order valence-electron chi connectivity index (χ3n) is 3.85. The molecular weight excluding hydrogens is 386 g/mol. The second kappa shape index (κ2) is 8.45. The number of hydrogen-bond donors (Lipinski definition) is 2. The average molecular weight is 404 g/mol. The van der Waals surface area contributed by atoms with Crippen LogP contribution in [0.4, 0.5) is 11.4 Å². The Kier molecular flexibility index (Phi) is 6.03. The minimum atomic E-state index is -0.525. The fraction of sp³-hybridized carbons (Fsp3) is 0.211. The molecule has 0 saturated carbocycles. The summed E-state index contributed by atoms with van der Waals surface area (Å²) in [7, 11) is 1.52. The van der Waals surface area contributed by atoms with Gasteiger partial charge in [-0.2, -0.15) is 0 Å². The van der Waals surface area contributed by atoms with E-state index in [0.29, 0.717) is 21.6 Å². The number of nitrogens with zero attached hydrogens (tertiary/aromatic N) is 1. The van der Waals surface area contributed by atoms with Crippen molar-refractivity contribution in [3.05, 3.63) is 53.1 Å². The van der Waals surface area contributed by atoms with Crippen molar-refractivity contribution >= 4 is 51.7 Å². The molecule has 8 heteroatoms. The second-order valence-electron chi connectivity index (χ2n) is 5.95. The van der Waals surface area contributed by atoms with Gasteiger partial charge in [0.05, 0.1) is 17.8 Å². The van der Waals surface area contributed by atoms with Gasteiger partial charge in [0, 0.05) is 12.1 Å². The van der Waals surface area contributed by atoms with E-state index in [1.54, 1.807) is 18.2 Å². The summed E-state index contributed by atoms with van der Waals surface area (Å²) in [6.07, 6.45) is 0.0348. The number of carbonyl (C=O) groups is 2. The van der Waals surface area contributed by atoms with Gasteiger partial charge in [-0.05, 0) is 37.3 Å². The predicted octanol–water partition coefficient (Wildman–Crippen LogP) is 3.90. The quantitative estimate of drug-likeness (QED) is 0.793. The Balaban J connectivity index is 1.60. The fourth-order valence-corrected chi connectivity index (χ4v) is 3.70. The zero-order valence-electron chi connectivity index (χ0n) is 14.8. The van der Waals surface area contributed by atoms with Crippen LogP contribution < -0.4 is 15.4 Å². The molecule has 27 heavy (non-hydrogen) atoms. The Morgan fingerprint density at radius 1 is 1.30 bits per heavy atom. The van der Waals surface area contributed by atoms with Gasteiger partial charge in [-0.15, -0.1) is 0 Å². The molecule has 2 N–H and O–H groups in total. The van der Waals surface area contributed by atoms with Crippen LogP contribution in [0.15, 0.2) is 47.5 Å². The molecule has 2 aromatic carbocycles. The third-order valence-corrected chi connectivity index (χ3v) is 5.22.